The van der Waals surface area contributed by atoms with Gasteiger partial charge in [0.05, 0.1) is 0 Å². The molecule has 4 aromatic rings. The van der Waals surface area contributed by atoms with Gasteiger partial charge in [-0.1, -0.05) is 35.1 Å². The molecular formula is C17H11ClN4O2S. The van der Waals surface area contributed by atoms with Gasteiger partial charge >= 0.3 is 0 Å². The van der Waals surface area contributed by atoms with Crippen LogP contribution in [0.4, 0.5) is 0 Å². The molecule has 2 aromatic carbocycles. The molecule has 0 saturated heterocycles. The van der Waals surface area contributed by atoms with Crippen LogP contribution >= 0.6 is 22.9 Å². The molecular weight excluding hydrogens is 360 g/mol. The SMILES string of the molecule is Clc1cccc(-c2nnc3sc(-c4ccc5c(c4)OCCO5)nn23)c1. The van der Waals surface area contributed by atoms with E-state index in [1.165, 1.54) is 11.3 Å². The largest absolute Gasteiger partial charge is 0.486 e. The van der Waals surface area contributed by atoms with Crippen LogP contribution in [-0.4, -0.2) is 33.0 Å². The van der Waals surface area contributed by atoms with Crippen LogP contribution in [-0.2, 0) is 0 Å². The second kappa shape index (κ2) is 5.72. The van der Waals surface area contributed by atoms with Gasteiger partial charge in [-0.3, -0.25) is 0 Å². The Kier molecular flexibility index (Phi) is 3.36. The zero-order chi connectivity index (χ0) is 16.8. The van der Waals surface area contributed by atoms with Gasteiger partial charge in [0.15, 0.2) is 17.3 Å². The Morgan fingerprint density at radius 1 is 0.960 bits per heavy atom. The molecule has 0 atom stereocenters. The Morgan fingerprint density at radius 2 is 1.84 bits per heavy atom. The predicted octanol–water partition coefficient (Wildman–Crippen LogP) is 3.94. The lowest BCUT2D eigenvalue weighted by Crippen LogP contribution is -2.15. The monoisotopic (exact) mass is 370 g/mol. The second-order valence-electron chi connectivity index (χ2n) is 5.49. The summed E-state index contributed by atoms with van der Waals surface area (Å²) < 4.78 is 13.0. The highest BCUT2D eigenvalue weighted by Crippen LogP contribution is 2.36. The molecule has 1 aliphatic rings. The molecule has 6 nitrogen and oxygen atoms in total. The van der Waals surface area contributed by atoms with Crippen molar-refractivity contribution in [3.8, 4) is 33.5 Å². The molecule has 0 unspecified atom stereocenters. The highest BCUT2D eigenvalue weighted by Gasteiger charge is 2.17. The molecule has 1 aliphatic heterocycles. The maximum Gasteiger partial charge on any atom is 0.235 e. The van der Waals surface area contributed by atoms with Crippen LogP contribution in [0.3, 0.4) is 0 Å². The summed E-state index contributed by atoms with van der Waals surface area (Å²) in [6.45, 7) is 1.13. The van der Waals surface area contributed by atoms with Gasteiger partial charge in [0, 0.05) is 16.1 Å². The average molecular weight is 371 g/mol. The highest BCUT2D eigenvalue weighted by molar-refractivity contribution is 7.19. The third-order valence-electron chi connectivity index (χ3n) is 3.86. The van der Waals surface area contributed by atoms with Gasteiger partial charge in [-0.2, -0.15) is 9.61 Å². The molecule has 0 fully saturated rings. The summed E-state index contributed by atoms with van der Waals surface area (Å²) in [5.74, 6) is 2.17. The van der Waals surface area contributed by atoms with Crippen LogP contribution in [0, 0.1) is 0 Å². The highest BCUT2D eigenvalue weighted by atomic mass is 35.5. The van der Waals surface area contributed by atoms with Crippen LogP contribution in [0.25, 0.3) is 26.9 Å². The zero-order valence-electron chi connectivity index (χ0n) is 12.8. The third kappa shape index (κ3) is 2.52. The van der Waals surface area contributed by atoms with Crippen molar-refractivity contribution in [3.63, 3.8) is 0 Å². The number of halogens is 1. The summed E-state index contributed by atoms with van der Waals surface area (Å²) in [7, 11) is 0. The summed E-state index contributed by atoms with van der Waals surface area (Å²) in [6.07, 6.45) is 0. The molecule has 3 heterocycles. The van der Waals surface area contributed by atoms with Crippen molar-refractivity contribution in [3.05, 3.63) is 47.5 Å². The average Bonchev–Trinajstić information content (AvgIpc) is 3.22. The van der Waals surface area contributed by atoms with Gasteiger partial charge in [-0.15, -0.1) is 10.2 Å². The van der Waals surface area contributed by atoms with Gasteiger partial charge in [0.2, 0.25) is 4.96 Å². The van der Waals surface area contributed by atoms with Crippen molar-refractivity contribution in [2.45, 2.75) is 0 Å². The van der Waals surface area contributed by atoms with E-state index in [1.807, 2.05) is 42.5 Å². The van der Waals surface area contributed by atoms with Crippen molar-refractivity contribution in [2.24, 2.45) is 0 Å². The van der Waals surface area contributed by atoms with Crippen molar-refractivity contribution in [1.82, 2.24) is 19.8 Å². The maximum absolute atomic E-state index is 6.08. The van der Waals surface area contributed by atoms with E-state index in [1.54, 1.807) is 4.52 Å². The lowest BCUT2D eigenvalue weighted by atomic mass is 10.2. The summed E-state index contributed by atoms with van der Waals surface area (Å²) >= 11 is 7.55. The van der Waals surface area contributed by atoms with Crippen molar-refractivity contribution in [1.29, 1.82) is 0 Å². The van der Waals surface area contributed by atoms with Gasteiger partial charge in [0.1, 0.15) is 18.2 Å². The van der Waals surface area contributed by atoms with Crippen molar-refractivity contribution in [2.75, 3.05) is 13.2 Å². The first kappa shape index (κ1) is 14.7. The summed E-state index contributed by atoms with van der Waals surface area (Å²) in [5, 5.41) is 14.6. The lowest BCUT2D eigenvalue weighted by molar-refractivity contribution is 0.171. The molecule has 5 rings (SSSR count). The molecule has 124 valence electrons. The molecule has 0 radical (unpaired) electrons. The Labute approximate surface area is 151 Å². The molecule has 8 heteroatoms. The lowest BCUT2D eigenvalue weighted by Gasteiger charge is -2.18. The van der Waals surface area contributed by atoms with E-state index in [-0.39, 0.29) is 0 Å². The summed E-state index contributed by atoms with van der Waals surface area (Å²) in [5.41, 5.74) is 1.83. The maximum atomic E-state index is 6.08. The first-order chi connectivity index (χ1) is 12.3. The van der Waals surface area contributed by atoms with Crippen LogP contribution in [0.2, 0.25) is 5.02 Å². The van der Waals surface area contributed by atoms with E-state index >= 15 is 0 Å². The predicted molar refractivity (Wildman–Crippen MR) is 95.5 cm³/mol. The number of nitrogens with zero attached hydrogens (tertiary/aromatic N) is 4. The fraction of sp³-hybridized carbons (Fsp3) is 0.118. The molecule has 2 aromatic heterocycles. The van der Waals surface area contributed by atoms with E-state index in [2.05, 4.69) is 15.3 Å². The van der Waals surface area contributed by atoms with Gasteiger partial charge < -0.3 is 9.47 Å². The molecule has 0 bridgehead atoms. The molecule has 0 N–H and O–H groups in total. The number of aromatic nitrogens is 4. The minimum atomic E-state index is 0.556. The Hall–Kier alpha value is -2.64. The topological polar surface area (TPSA) is 61.5 Å². The quantitative estimate of drug-likeness (QED) is 0.534. The normalized spacial score (nSPS) is 13.3. The fourth-order valence-electron chi connectivity index (χ4n) is 2.72. The van der Waals surface area contributed by atoms with Gasteiger partial charge in [0.25, 0.3) is 0 Å². The summed E-state index contributed by atoms with van der Waals surface area (Å²) in [4.78, 5) is 0.722. The smallest absolute Gasteiger partial charge is 0.235 e. The number of benzene rings is 2. The van der Waals surface area contributed by atoms with Gasteiger partial charge in [-0.05, 0) is 30.3 Å². The van der Waals surface area contributed by atoms with Crippen LogP contribution < -0.4 is 9.47 Å². The summed E-state index contributed by atoms with van der Waals surface area (Å²) in [6, 6.07) is 13.3. The number of fused-ring (bicyclic) bond motifs is 2. The standard InChI is InChI=1S/C17H11ClN4O2S/c18-12-3-1-2-10(8-12)15-19-20-17-22(15)21-16(25-17)11-4-5-13-14(9-11)24-7-6-23-13/h1-5,8-9H,6-7H2. The van der Waals surface area contributed by atoms with Crippen molar-refractivity contribution >= 4 is 27.9 Å². The van der Waals surface area contributed by atoms with E-state index in [0.717, 1.165) is 32.6 Å². The van der Waals surface area contributed by atoms with Crippen LogP contribution in [0.15, 0.2) is 42.5 Å². The van der Waals surface area contributed by atoms with E-state index in [9.17, 15) is 0 Å². The first-order valence-corrected chi connectivity index (χ1v) is 8.85. The van der Waals surface area contributed by atoms with E-state index in [4.69, 9.17) is 21.1 Å². The van der Waals surface area contributed by atoms with Gasteiger partial charge in [-0.25, -0.2) is 0 Å². The van der Waals surface area contributed by atoms with Crippen LogP contribution in [0.1, 0.15) is 0 Å². The number of hydrogen-bond donors (Lipinski definition) is 0. The molecule has 0 amide bonds. The number of hydrogen-bond acceptors (Lipinski definition) is 6. The van der Waals surface area contributed by atoms with Crippen LogP contribution in [0.5, 0.6) is 11.5 Å². The Bertz CT molecular complexity index is 1090. The molecule has 0 spiro atoms. The molecule has 25 heavy (non-hydrogen) atoms. The van der Waals surface area contributed by atoms with E-state index in [0.29, 0.717) is 24.1 Å². The second-order valence-corrected chi connectivity index (χ2v) is 6.89. The molecule has 0 saturated carbocycles. The Morgan fingerprint density at radius 3 is 2.72 bits per heavy atom. The Balaban J connectivity index is 1.60. The molecule has 0 aliphatic carbocycles. The minimum Gasteiger partial charge on any atom is -0.486 e. The first-order valence-electron chi connectivity index (χ1n) is 7.66. The minimum absolute atomic E-state index is 0.556. The van der Waals surface area contributed by atoms with E-state index < -0.39 is 0 Å². The van der Waals surface area contributed by atoms with Crippen molar-refractivity contribution < 1.29 is 9.47 Å². The zero-order valence-corrected chi connectivity index (χ0v) is 14.4. The third-order valence-corrected chi connectivity index (χ3v) is 5.05. The fourth-order valence-corrected chi connectivity index (χ4v) is 3.74. The number of rotatable bonds is 2. The number of ether oxygens (including phenoxy) is 2.